The molecular weight excluding hydrogens is 220 g/mol. The van der Waals surface area contributed by atoms with Gasteiger partial charge in [0.1, 0.15) is 0 Å². The van der Waals surface area contributed by atoms with E-state index < -0.39 is 0 Å². The molecule has 1 atom stereocenters. The molecule has 2 nitrogen and oxygen atoms in total. The van der Waals surface area contributed by atoms with Crippen LogP contribution in [0.3, 0.4) is 0 Å². The normalized spacial score (nSPS) is 12.1. The molecule has 1 aromatic carbocycles. The van der Waals surface area contributed by atoms with Crippen molar-refractivity contribution in [2.75, 3.05) is 5.32 Å². The molecule has 0 saturated carbocycles. The van der Waals surface area contributed by atoms with Crippen molar-refractivity contribution >= 4 is 17.3 Å². The van der Waals surface area contributed by atoms with Crippen LogP contribution in [0.2, 0.25) is 5.02 Å². The molecule has 0 spiro atoms. The van der Waals surface area contributed by atoms with Crippen molar-refractivity contribution in [3.05, 3.63) is 59.4 Å². The quantitative estimate of drug-likeness (QED) is 0.868. The van der Waals surface area contributed by atoms with Crippen molar-refractivity contribution < 1.29 is 0 Å². The number of anilines is 1. The fraction of sp³-hybridized carbons (Fsp3) is 0.154. The highest BCUT2D eigenvalue weighted by atomic mass is 35.5. The third kappa shape index (κ3) is 2.74. The fourth-order valence-electron chi connectivity index (χ4n) is 1.56. The van der Waals surface area contributed by atoms with E-state index in [4.69, 9.17) is 11.6 Å². The lowest BCUT2D eigenvalue weighted by Crippen LogP contribution is -2.06. The van der Waals surface area contributed by atoms with Gasteiger partial charge in [0.15, 0.2) is 0 Å². The molecule has 1 aromatic heterocycles. The van der Waals surface area contributed by atoms with Gasteiger partial charge in [-0.1, -0.05) is 23.7 Å². The molecule has 0 aliphatic rings. The highest BCUT2D eigenvalue weighted by molar-refractivity contribution is 6.30. The zero-order chi connectivity index (χ0) is 11.4. The van der Waals surface area contributed by atoms with E-state index in [0.29, 0.717) is 0 Å². The summed E-state index contributed by atoms with van der Waals surface area (Å²) in [6, 6.07) is 12.0. The molecule has 1 heterocycles. The summed E-state index contributed by atoms with van der Waals surface area (Å²) in [7, 11) is 0. The van der Waals surface area contributed by atoms with Crippen LogP contribution in [-0.4, -0.2) is 4.98 Å². The van der Waals surface area contributed by atoms with Crippen molar-refractivity contribution in [1.82, 2.24) is 4.98 Å². The second-order valence-corrected chi connectivity index (χ2v) is 4.09. The maximum absolute atomic E-state index is 5.95. The van der Waals surface area contributed by atoms with Crippen LogP contribution < -0.4 is 5.32 Å². The summed E-state index contributed by atoms with van der Waals surface area (Å²) in [5.74, 6) is 0. The summed E-state index contributed by atoms with van der Waals surface area (Å²) >= 11 is 5.95. The summed E-state index contributed by atoms with van der Waals surface area (Å²) in [4.78, 5) is 3.98. The van der Waals surface area contributed by atoms with Crippen LogP contribution in [0.1, 0.15) is 18.5 Å². The van der Waals surface area contributed by atoms with Crippen molar-refractivity contribution in [2.24, 2.45) is 0 Å². The topological polar surface area (TPSA) is 24.9 Å². The molecule has 0 bridgehead atoms. The zero-order valence-corrected chi connectivity index (χ0v) is 9.78. The van der Waals surface area contributed by atoms with Gasteiger partial charge in [-0.2, -0.15) is 0 Å². The maximum atomic E-state index is 5.95. The number of hydrogen-bond donors (Lipinski definition) is 1. The number of rotatable bonds is 3. The van der Waals surface area contributed by atoms with Crippen LogP contribution in [0.25, 0.3) is 0 Å². The summed E-state index contributed by atoms with van der Waals surface area (Å²) in [6.07, 6.45) is 3.54. The van der Waals surface area contributed by atoms with E-state index in [0.717, 1.165) is 10.7 Å². The molecule has 0 radical (unpaired) electrons. The summed E-state index contributed by atoms with van der Waals surface area (Å²) < 4.78 is 0. The van der Waals surface area contributed by atoms with Crippen LogP contribution in [0.5, 0.6) is 0 Å². The Morgan fingerprint density at radius 2 is 1.94 bits per heavy atom. The number of nitrogens with one attached hydrogen (secondary N) is 1. The van der Waals surface area contributed by atoms with Gasteiger partial charge in [0, 0.05) is 29.1 Å². The number of pyridine rings is 1. The summed E-state index contributed by atoms with van der Waals surface area (Å²) in [5.41, 5.74) is 2.23. The largest absolute Gasteiger partial charge is 0.378 e. The number of hydrogen-bond acceptors (Lipinski definition) is 2. The third-order valence-corrected chi connectivity index (χ3v) is 2.65. The van der Waals surface area contributed by atoms with Crippen molar-refractivity contribution in [3.8, 4) is 0 Å². The predicted octanol–water partition coefficient (Wildman–Crippen LogP) is 3.91. The Kier molecular flexibility index (Phi) is 3.42. The molecule has 0 aliphatic carbocycles. The molecule has 2 rings (SSSR count). The van der Waals surface area contributed by atoms with Gasteiger partial charge in [0.25, 0.3) is 0 Å². The highest BCUT2D eigenvalue weighted by Gasteiger charge is 2.04. The average molecular weight is 233 g/mol. The second kappa shape index (κ2) is 4.99. The van der Waals surface area contributed by atoms with E-state index in [1.807, 2.05) is 30.3 Å². The van der Waals surface area contributed by atoms with E-state index in [9.17, 15) is 0 Å². The van der Waals surface area contributed by atoms with Gasteiger partial charge in [-0.05, 0) is 36.8 Å². The van der Waals surface area contributed by atoms with Crippen LogP contribution in [-0.2, 0) is 0 Å². The molecule has 1 N–H and O–H groups in total. The van der Waals surface area contributed by atoms with E-state index in [-0.39, 0.29) is 6.04 Å². The minimum Gasteiger partial charge on any atom is -0.378 e. The third-order valence-electron chi connectivity index (χ3n) is 2.41. The predicted molar refractivity (Wildman–Crippen MR) is 67.7 cm³/mol. The SMILES string of the molecule is C[C@@H](Nc1ccncc1)c1cccc(Cl)c1. The molecule has 0 aliphatic heterocycles. The minimum absolute atomic E-state index is 0.223. The number of aromatic nitrogens is 1. The molecule has 0 unspecified atom stereocenters. The average Bonchev–Trinajstić information content (AvgIpc) is 2.30. The van der Waals surface area contributed by atoms with Crippen LogP contribution in [0, 0.1) is 0 Å². The number of benzene rings is 1. The molecule has 2 aromatic rings. The van der Waals surface area contributed by atoms with Gasteiger partial charge >= 0.3 is 0 Å². The Morgan fingerprint density at radius 3 is 2.62 bits per heavy atom. The van der Waals surface area contributed by atoms with Crippen LogP contribution in [0.4, 0.5) is 5.69 Å². The van der Waals surface area contributed by atoms with Gasteiger partial charge in [-0.25, -0.2) is 0 Å². The van der Waals surface area contributed by atoms with Crippen LogP contribution in [0.15, 0.2) is 48.8 Å². The first kappa shape index (κ1) is 11.0. The summed E-state index contributed by atoms with van der Waals surface area (Å²) in [6.45, 7) is 2.10. The van der Waals surface area contributed by atoms with Crippen molar-refractivity contribution in [2.45, 2.75) is 13.0 Å². The lowest BCUT2D eigenvalue weighted by molar-refractivity contribution is 0.884. The molecule has 16 heavy (non-hydrogen) atoms. The molecule has 0 saturated heterocycles. The Morgan fingerprint density at radius 1 is 1.19 bits per heavy atom. The van der Waals surface area contributed by atoms with Gasteiger partial charge < -0.3 is 5.32 Å². The van der Waals surface area contributed by atoms with E-state index >= 15 is 0 Å². The van der Waals surface area contributed by atoms with Crippen LogP contribution >= 0.6 is 11.6 Å². The first-order valence-corrected chi connectivity index (χ1v) is 5.55. The Labute approximate surface area is 100 Å². The smallest absolute Gasteiger partial charge is 0.0486 e. The number of halogens is 1. The van der Waals surface area contributed by atoms with E-state index in [1.54, 1.807) is 12.4 Å². The van der Waals surface area contributed by atoms with Gasteiger partial charge in [0.05, 0.1) is 0 Å². The van der Waals surface area contributed by atoms with Gasteiger partial charge in [-0.3, -0.25) is 4.98 Å². The second-order valence-electron chi connectivity index (χ2n) is 3.66. The van der Waals surface area contributed by atoms with Crippen molar-refractivity contribution in [1.29, 1.82) is 0 Å². The van der Waals surface area contributed by atoms with Gasteiger partial charge in [0.2, 0.25) is 0 Å². The Hall–Kier alpha value is -1.54. The standard InChI is InChI=1S/C13H13ClN2/c1-10(11-3-2-4-12(14)9-11)16-13-5-7-15-8-6-13/h2-10H,1H3,(H,15,16)/t10-/m1/s1. The fourth-order valence-corrected chi connectivity index (χ4v) is 1.76. The molecule has 3 heteroatoms. The maximum Gasteiger partial charge on any atom is 0.0486 e. The Bertz CT molecular complexity index is 456. The monoisotopic (exact) mass is 232 g/mol. The zero-order valence-electron chi connectivity index (χ0n) is 9.02. The first-order valence-electron chi connectivity index (χ1n) is 5.18. The van der Waals surface area contributed by atoms with E-state index in [2.05, 4.69) is 23.3 Å². The lowest BCUT2D eigenvalue weighted by atomic mass is 10.1. The molecule has 0 fully saturated rings. The van der Waals surface area contributed by atoms with Gasteiger partial charge in [-0.15, -0.1) is 0 Å². The first-order chi connectivity index (χ1) is 7.75. The number of nitrogens with zero attached hydrogens (tertiary/aromatic N) is 1. The molecular formula is C13H13ClN2. The van der Waals surface area contributed by atoms with Crippen molar-refractivity contribution in [3.63, 3.8) is 0 Å². The lowest BCUT2D eigenvalue weighted by Gasteiger charge is -2.15. The molecule has 82 valence electrons. The highest BCUT2D eigenvalue weighted by Crippen LogP contribution is 2.21. The Balaban J connectivity index is 2.12. The minimum atomic E-state index is 0.223. The summed E-state index contributed by atoms with van der Waals surface area (Å²) in [5, 5.41) is 4.15. The van der Waals surface area contributed by atoms with E-state index in [1.165, 1.54) is 5.56 Å². The molecule has 0 amide bonds.